The highest BCUT2D eigenvalue weighted by Gasteiger charge is 2.51. The molecule has 0 spiro atoms. The molecule has 0 saturated carbocycles. The van der Waals surface area contributed by atoms with E-state index in [1.807, 2.05) is 0 Å². The number of anilines is 1. The first-order valence-corrected chi connectivity index (χ1v) is 13.5. The second-order valence-corrected chi connectivity index (χ2v) is 10.3. The quantitative estimate of drug-likeness (QED) is 0.307. The maximum atomic E-state index is 14.6. The van der Waals surface area contributed by atoms with Crippen LogP contribution in [0.5, 0.6) is 5.75 Å². The van der Waals surface area contributed by atoms with Crippen molar-refractivity contribution in [3.05, 3.63) is 117 Å². The average molecular weight is 591 g/mol. The van der Waals surface area contributed by atoms with Crippen LogP contribution in [0.2, 0.25) is 5.02 Å². The summed E-state index contributed by atoms with van der Waals surface area (Å²) < 4.78 is 29.5. The van der Waals surface area contributed by atoms with Gasteiger partial charge >= 0.3 is 11.9 Å². The Hall–Kier alpha value is -4.63. The first-order valence-electron chi connectivity index (χ1n) is 13.1. The molecule has 3 aromatic carbocycles. The van der Waals surface area contributed by atoms with E-state index in [1.54, 1.807) is 60.5 Å². The van der Waals surface area contributed by atoms with Gasteiger partial charge in [0.1, 0.15) is 23.3 Å². The third-order valence-corrected chi connectivity index (χ3v) is 7.94. The number of rotatable bonds is 6. The molecule has 1 heterocycles. The minimum atomic E-state index is -1.22. The van der Waals surface area contributed by atoms with Crippen molar-refractivity contribution in [3.8, 4) is 5.75 Å². The molecule has 0 unspecified atom stereocenters. The monoisotopic (exact) mass is 590 g/mol. The molecule has 42 heavy (non-hydrogen) atoms. The van der Waals surface area contributed by atoms with E-state index in [1.165, 1.54) is 38.5 Å². The minimum absolute atomic E-state index is 0.00924. The molecule has 8 nitrogen and oxygen atoms in total. The van der Waals surface area contributed by atoms with Gasteiger partial charge in [-0.25, -0.2) is 9.18 Å². The topological polar surface area (TPSA) is 108 Å². The van der Waals surface area contributed by atoms with E-state index in [0.717, 1.165) is 0 Å². The Balaban J connectivity index is 1.81. The third kappa shape index (κ3) is 5.00. The van der Waals surface area contributed by atoms with E-state index in [2.05, 4.69) is 0 Å². The zero-order valence-electron chi connectivity index (χ0n) is 23.1. The lowest BCUT2D eigenvalue weighted by atomic mass is 9.67. The number of Topliss-reactive ketones (excluding diaryl/α,β-unsaturated/α-hetero) is 1. The molecular formula is C32H28ClFN2O6. The van der Waals surface area contributed by atoms with Crippen molar-refractivity contribution in [1.82, 2.24) is 0 Å². The normalized spacial score (nSPS) is 20.3. The molecule has 5 rings (SSSR count). The molecule has 0 radical (unpaired) electrons. The van der Waals surface area contributed by atoms with Crippen LogP contribution in [0.1, 0.15) is 29.4 Å². The van der Waals surface area contributed by atoms with Gasteiger partial charge in [0, 0.05) is 27.9 Å². The Morgan fingerprint density at radius 1 is 0.952 bits per heavy atom. The van der Waals surface area contributed by atoms with Crippen LogP contribution >= 0.6 is 11.6 Å². The second kappa shape index (κ2) is 11.7. The Morgan fingerprint density at radius 3 is 2.24 bits per heavy atom. The second-order valence-electron chi connectivity index (χ2n) is 9.90. The molecule has 0 aromatic heterocycles. The van der Waals surface area contributed by atoms with E-state index >= 15 is 0 Å². The van der Waals surface area contributed by atoms with Crippen LogP contribution in [-0.4, -0.2) is 39.1 Å². The number of benzene rings is 3. The van der Waals surface area contributed by atoms with Gasteiger partial charge in [0.25, 0.3) is 0 Å². The van der Waals surface area contributed by atoms with Crippen LogP contribution in [0.4, 0.5) is 10.1 Å². The molecule has 0 fully saturated rings. The number of carbonyl (C=O) groups is 3. The molecule has 0 saturated heterocycles. The predicted molar refractivity (Wildman–Crippen MR) is 154 cm³/mol. The number of carbonyl (C=O) groups excluding carboxylic acids is 3. The molecule has 3 atom stereocenters. The maximum Gasteiger partial charge on any atom is 0.338 e. The Morgan fingerprint density at radius 2 is 1.64 bits per heavy atom. The van der Waals surface area contributed by atoms with Crippen molar-refractivity contribution in [1.29, 1.82) is 0 Å². The van der Waals surface area contributed by atoms with Crippen LogP contribution in [0.15, 0.2) is 95.5 Å². The van der Waals surface area contributed by atoms with Crippen molar-refractivity contribution in [2.75, 3.05) is 26.2 Å². The van der Waals surface area contributed by atoms with Gasteiger partial charge in [-0.3, -0.25) is 14.5 Å². The number of ketones is 1. The summed E-state index contributed by atoms with van der Waals surface area (Å²) in [5.74, 6) is -4.74. The van der Waals surface area contributed by atoms with Crippen LogP contribution < -0.4 is 15.4 Å². The first kappa shape index (κ1) is 28.9. The summed E-state index contributed by atoms with van der Waals surface area (Å²) in [7, 11) is 3.98. The van der Waals surface area contributed by atoms with Crippen molar-refractivity contribution < 1.29 is 33.0 Å². The molecular weight excluding hydrogens is 563 g/mol. The van der Waals surface area contributed by atoms with Crippen LogP contribution in [0, 0.1) is 11.7 Å². The molecule has 3 aromatic rings. The molecule has 10 heteroatoms. The standard InChI is InChI=1S/C32H28ClFN2O6/c1-40-22-13-7-17(8-14-22)23-16-24-27(29(37)26(23)31(38)41-2)25(18-5-4-6-19(33)15-18)28(32(39)42-3)30(35)36(24)21-11-9-20(34)10-12-21/h4-15,23,25-26H,16,35H2,1-3H3/t23-,25-,26-/m1/s1. The van der Waals surface area contributed by atoms with Crippen LogP contribution in [0.25, 0.3) is 0 Å². The van der Waals surface area contributed by atoms with Crippen molar-refractivity contribution in [2.24, 2.45) is 11.7 Å². The number of halogens is 2. The summed E-state index contributed by atoms with van der Waals surface area (Å²) in [6, 6.07) is 19.3. The molecule has 1 aliphatic carbocycles. The summed E-state index contributed by atoms with van der Waals surface area (Å²) in [5, 5.41) is 0.377. The van der Waals surface area contributed by atoms with Gasteiger partial charge < -0.3 is 19.9 Å². The summed E-state index contributed by atoms with van der Waals surface area (Å²) >= 11 is 6.35. The maximum absolute atomic E-state index is 14.6. The summed E-state index contributed by atoms with van der Waals surface area (Å²) in [6.45, 7) is 0. The summed E-state index contributed by atoms with van der Waals surface area (Å²) in [4.78, 5) is 42.8. The fraction of sp³-hybridized carbons (Fsp3) is 0.219. The lowest BCUT2D eigenvalue weighted by Gasteiger charge is -2.44. The molecule has 1 aliphatic heterocycles. The van der Waals surface area contributed by atoms with Crippen LogP contribution in [0.3, 0.4) is 0 Å². The fourth-order valence-electron chi connectivity index (χ4n) is 5.80. The van der Waals surface area contributed by atoms with Gasteiger partial charge in [0.2, 0.25) is 0 Å². The Bertz CT molecular complexity index is 1620. The van der Waals surface area contributed by atoms with E-state index in [0.29, 0.717) is 33.3 Å². The smallest absolute Gasteiger partial charge is 0.338 e. The van der Waals surface area contributed by atoms with Crippen molar-refractivity contribution in [3.63, 3.8) is 0 Å². The van der Waals surface area contributed by atoms with Crippen LogP contribution in [-0.2, 0) is 23.9 Å². The average Bonchev–Trinajstić information content (AvgIpc) is 3.00. The van der Waals surface area contributed by atoms with Gasteiger partial charge in [-0.05, 0) is 66.1 Å². The number of nitrogens with zero attached hydrogens (tertiary/aromatic N) is 1. The van der Waals surface area contributed by atoms with Gasteiger partial charge in [-0.2, -0.15) is 0 Å². The lowest BCUT2D eigenvalue weighted by molar-refractivity contribution is -0.150. The van der Waals surface area contributed by atoms with Gasteiger partial charge in [-0.15, -0.1) is 0 Å². The first-order chi connectivity index (χ1) is 20.2. The SMILES string of the molecule is COC(=O)C1=C(N)N(c2ccc(F)cc2)C2=C(C(=O)[C@H](C(=O)OC)[C@@H](c3ccc(OC)cc3)C2)[C@H]1c1cccc(Cl)c1. The molecule has 2 N–H and O–H groups in total. The highest BCUT2D eigenvalue weighted by atomic mass is 35.5. The lowest BCUT2D eigenvalue weighted by Crippen LogP contribution is -2.46. The molecule has 216 valence electrons. The van der Waals surface area contributed by atoms with Gasteiger partial charge in [0.15, 0.2) is 5.78 Å². The van der Waals surface area contributed by atoms with E-state index in [9.17, 15) is 18.8 Å². The molecule has 0 bridgehead atoms. The predicted octanol–water partition coefficient (Wildman–Crippen LogP) is 5.23. The van der Waals surface area contributed by atoms with E-state index in [4.69, 9.17) is 31.5 Å². The molecule has 0 amide bonds. The summed E-state index contributed by atoms with van der Waals surface area (Å²) in [5.41, 5.74) is 9.01. The number of methoxy groups -OCH3 is 3. The Kier molecular flexibility index (Phi) is 8.04. The number of hydrogen-bond acceptors (Lipinski definition) is 8. The zero-order valence-corrected chi connectivity index (χ0v) is 23.9. The number of ether oxygens (including phenoxy) is 3. The highest BCUT2D eigenvalue weighted by molar-refractivity contribution is 6.30. The number of nitrogens with two attached hydrogens (primary N) is 1. The minimum Gasteiger partial charge on any atom is -0.497 e. The fourth-order valence-corrected chi connectivity index (χ4v) is 6.00. The van der Waals surface area contributed by atoms with E-state index in [-0.39, 0.29) is 23.4 Å². The largest absolute Gasteiger partial charge is 0.497 e. The van der Waals surface area contributed by atoms with Crippen molar-refractivity contribution >= 4 is 35.0 Å². The third-order valence-electron chi connectivity index (χ3n) is 7.71. The number of esters is 2. The van der Waals surface area contributed by atoms with Gasteiger partial charge in [0.05, 0.1) is 32.8 Å². The molecule has 2 aliphatic rings. The van der Waals surface area contributed by atoms with E-state index < -0.39 is 41.3 Å². The zero-order chi connectivity index (χ0) is 30.1. The highest BCUT2D eigenvalue weighted by Crippen LogP contribution is 2.51. The summed E-state index contributed by atoms with van der Waals surface area (Å²) in [6.07, 6.45) is 0.163. The number of hydrogen-bond donors (Lipinski definition) is 1. The van der Waals surface area contributed by atoms with Gasteiger partial charge in [-0.1, -0.05) is 35.9 Å². The number of allylic oxidation sites excluding steroid dienone is 2. The van der Waals surface area contributed by atoms with Crippen molar-refractivity contribution in [2.45, 2.75) is 18.3 Å². The Labute approximate surface area is 247 Å².